The largest absolute Gasteiger partial charge is 0.351 e. The number of benzene rings is 1. The quantitative estimate of drug-likeness (QED) is 0.632. The van der Waals surface area contributed by atoms with Crippen LogP contribution in [0.4, 0.5) is 0 Å². The van der Waals surface area contributed by atoms with Crippen molar-refractivity contribution in [1.82, 2.24) is 9.99 Å². The number of amides is 1. The molecule has 1 aliphatic carbocycles. The van der Waals surface area contributed by atoms with E-state index in [2.05, 4.69) is 27.5 Å². The van der Waals surface area contributed by atoms with Crippen LogP contribution < -0.4 is 5.43 Å². The molecule has 1 N–H and O–H groups in total. The summed E-state index contributed by atoms with van der Waals surface area (Å²) in [7, 11) is 0. The zero-order valence-electron chi connectivity index (χ0n) is 14.0. The summed E-state index contributed by atoms with van der Waals surface area (Å²) in [6, 6.07) is 12.7. The lowest BCUT2D eigenvalue weighted by Gasteiger charge is -2.23. The number of carbonyl (C=O) groups excluding carboxylic acids is 1. The fourth-order valence-corrected chi connectivity index (χ4v) is 3.25. The Morgan fingerprint density at radius 3 is 2.75 bits per heavy atom. The van der Waals surface area contributed by atoms with Crippen LogP contribution in [0.25, 0.3) is 0 Å². The van der Waals surface area contributed by atoms with Crippen molar-refractivity contribution in [2.45, 2.75) is 51.0 Å². The molecule has 0 radical (unpaired) electrons. The van der Waals surface area contributed by atoms with E-state index in [1.807, 2.05) is 36.4 Å². The number of hydrazone groups is 1. The van der Waals surface area contributed by atoms with Crippen molar-refractivity contribution < 1.29 is 4.79 Å². The van der Waals surface area contributed by atoms with Crippen molar-refractivity contribution in [3.8, 4) is 0 Å². The maximum atomic E-state index is 11.8. The first-order chi connectivity index (χ1) is 11.8. The average Bonchev–Trinajstić information content (AvgIpc) is 3.11. The molecule has 1 amide bonds. The molecule has 2 aromatic rings. The molecule has 1 aromatic heterocycles. The Bertz CT molecular complexity index is 669. The van der Waals surface area contributed by atoms with E-state index in [-0.39, 0.29) is 5.91 Å². The van der Waals surface area contributed by atoms with Gasteiger partial charge in [0, 0.05) is 30.4 Å². The summed E-state index contributed by atoms with van der Waals surface area (Å²) in [6.07, 6.45) is 13.7. The minimum atomic E-state index is -0.0539. The second-order valence-corrected chi connectivity index (χ2v) is 6.46. The summed E-state index contributed by atoms with van der Waals surface area (Å²) in [5.41, 5.74) is 4.81. The van der Waals surface area contributed by atoms with Crippen LogP contribution in [0.2, 0.25) is 0 Å². The fourth-order valence-electron chi connectivity index (χ4n) is 3.25. The van der Waals surface area contributed by atoms with E-state index in [9.17, 15) is 4.79 Å². The van der Waals surface area contributed by atoms with Gasteiger partial charge in [-0.3, -0.25) is 4.79 Å². The number of hydrogen-bond donors (Lipinski definition) is 1. The minimum Gasteiger partial charge on any atom is -0.351 e. The highest BCUT2D eigenvalue weighted by molar-refractivity contribution is 5.82. The Hall–Kier alpha value is -2.36. The van der Waals surface area contributed by atoms with Gasteiger partial charge in [-0.15, -0.1) is 0 Å². The molecule has 1 fully saturated rings. The van der Waals surface area contributed by atoms with Gasteiger partial charge in [0.1, 0.15) is 0 Å². The SMILES string of the molecule is O=C(CCc1ccccc1)N/N=C/c1ccn(C2CCCCC2)c1. The lowest BCUT2D eigenvalue weighted by atomic mass is 9.95. The molecule has 1 aliphatic rings. The molecule has 0 spiro atoms. The van der Waals surface area contributed by atoms with E-state index in [1.54, 1.807) is 6.21 Å². The van der Waals surface area contributed by atoms with Gasteiger partial charge >= 0.3 is 0 Å². The van der Waals surface area contributed by atoms with Gasteiger partial charge in [-0.05, 0) is 30.9 Å². The van der Waals surface area contributed by atoms with Crippen molar-refractivity contribution in [2.24, 2.45) is 5.10 Å². The van der Waals surface area contributed by atoms with Gasteiger partial charge < -0.3 is 4.57 Å². The summed E-state index contributed by atoms with van der Waals surface area (Å²) in [6.45, 7) is 0. The lowest BCUT2D eigenvalue weighted by Crippen LogP contribution is -2.17. The van der Waals surface area contributed by atoms with Gasteiger partial charge in [-0.25, -0.2) is 5.43 Å². The molecule has 24 heavy (non-hydrogen) atoms. The van der Waals surface area contributed by atoms with E-state index in [1.165, 1.54) is 37.7 Å². The van der Waals surface area contributed by atoms with Crippen LogP contribution in [0, 0.1) is 0 Å². The average molecular weight is 323 g/mol. The van der Waals surface area contributed by atoms with Crippen LogP contribution in [-0.2, 0) is 11.2 Å². The van der Waals surface area contributed by atoms with Crippen LogP contribution in [-0.4, -0.2) is 16.7 Å². The Kier molecular flexibility index (Phi) is 5.83. The van der Waals surface area contributed by atoms with Crippen molar-refractivity contribution in [3.05, 3.63) is 59.9 Å². The number of nitrogens with one attached hydrogen (secondary N) is 1. The first kappa shape index (κ1) is 16.5. The standard InChI is InChI=1S/C20H25N3O/c24-20(12-11-17-7-3-1-4-8-17)22-21-15-18-13-14-23(16-18)19-9-5-2-6-10-19/h1,3-4,7-8,13-16,19H,2,5-6,9-12H2,(H,22,24)/b21-15+. The topological polar surface area (TPSA) is 46.4 Å². The van der Waals surface area contributed by atoms with Gasteiger partial charge in [0.15, 0.2) is 0 Å². The summed E-state index contributed by atoms with van der Waals surface area (Å²) in [4.78, 5) is 11.8. The van der Waals surface area contributed by atoms with Crippen molar-refractivity contribution in [1.29, 1.82) is 0 Å². The highest BCUT2D eigenvalue weighted by Crippen LogP contribution is 2.28. The molecular weight excluding hydrogens is 298 g/mol. The van der Waals surface area contributed by atoms with E-state index in [0.29, 0.717) is 12.5 Å². The monoisotopic (exact) mass is 323 g/mol. The Morgan fingerprint density at radius 1 is 1.17 bits per heavy atom. The molecule has 0 unspecified atom stereocenters. The second kappa shape index (κ2) is 8.48. The molecule has 3 rings (SSSR count). The molecule has 1 heterocycles. The normalized spacial score (nSPS) is 15.7. The predicted octanol–water partition coefficient (Wildman–Crippen LogP) is 4.08. The first-order valence-corrected chi connectivity index (χ1v) is 8.84. The van der Waals surface area contributed by atoms with Gasteiger partial charge in [-0.1, -0.05) is 49.6 Å². The van der Waals surface area contributed by atoms with E-state index in [0.717, 1.165) is 12.0 Å². The van der Waals surface area contributed by atoms with Gasteiger partial charge in [-0.2, -0.15) is 5.10 Å². The number of nitrogens with zero attached hydrogens (tertiary/aromatic N) is 2. The predicted molar refractivity (Wildman–Crippen MR) is 97.1 cm³/mol. The number of aryl methyl sites for hydroxylation is 1. The van der Waals surface area contributed by atoms with Crippen LogP contribution >= 0.6 is 0 Å². The molecule has 0 bridgehead atoms. The van der Waals surface area contributed by atoms with E-state index >= 15 is 0 Å². The maximum Gasteiger partial charge on any atom is 0.240 e. The Balaban J connectivity index is 1.44. The Labute approximate surface area is 143 Å². The first-order valence-electron chi connectivity index (χ1n) is 8.84. The summed E-state index contributed by atoms with van der Waals surface area (Å²) in [5, 5.41) is 4.07. The fraction of sp³-hybridized carbons (Fsp3) is 0.400. The van der Waals surface area contributed by atoms with Crippen LogP contribution in [0.5, 0.6) is 0 Å². The zero-order chi connectivity index (χ0) is 16.6. The van der Waals surface area contributed by atoms with Crippen LogP contribution in [0.3, 0.4) is 0 Å². The third-order valence-corrected chi connectivity index (χ3v) is 4.62. The number of rotatable bonds is 6. The number of aromatic nitrogens is 1. The van der Waals surface area contributed by atoms with Crippen molar-refractivity contribution in [2.75, 3.05) is 0 Å². The second-order valence-electron chi connectivity index (χ2n) is 6.46. The molecule has 1 saturated carbocycles. The molecule has 0 saturated heterocycles. The van der Waals surface area contributed by atoms with Crippen LogP contribution in [0.15, 0.2) is 53.9 Å². The molecule has 4 nitrogen and oxygen atoms in total. The number of hydrogen-bond acceptors (Lipinski definition) is 2. The summed E-state index contributed by atoms with van der Waals surface area (Å²) < 4.78 is 2.29. The molecule has 0 aliphatic heterocycles. The molecule has 4 heteroatoms. The minimum absolute atomic E-state index is 0.0539. The number of carbonyl (C=O) groups is 1. The van der Waals surface area contributed by atoms with Gasteiger partial charge in [0.25, 0.3) is 0 Å². The van der Waals surface area contributed by atoms with Crippen molar-refractivity contribution in [3.63, 3.8) is 0 Å². The van der Waals surface area contributed by atoms with Crippen LogP contribution in [0.1, 0.15) is 55.7 Å². The van der Waals surface area contributed by atoms with Crippen molar-refractivity contribution >= 4 is 12.1 Å². The van der Waals surface area contributed by atoms with Gasteiger partial charge in [0.05, 0.1) is 6.21 Å². The molecular formula is C20H25N3O. The zero-order valence-corrected chi connectivity index (χ0v) is 14.0. The Morgan fingerprint density at radius 2 is 1.96 bits per heavy atom. The highest BCUT2D eigenvalue weighted by atomic mass is 16.2. The van der Waals surface area contributed by atoms with E-state index < -0.39 is 0 Å². The highest BCUT2D eigenvalue weighted by Gasteiger charge is 2.14. The maximum absolute atomic E-state index is 11.8. The molecule has 0 atom stereocenters. The third kappa shape index (κ3) is 4.82. The summed E-state index contributed by atoms with van der Waals surface area (Å²) >= 11 is 0. The third-order valence-electron chi connectivity index (χ3n) is 4.62. The molecule has 1 aromatic carbocycles. The molecule has 126 valence electrons. The lowest BCUT2D eigenvalue weighted by molar-refractivity contribution is -0.121. The van der Waals surface area contributed by atoms with Gasteiger partial charge in [0.2, 0.25) is 5.91 Å². The van der Waals surface area contributed by atoms with E-state index in [4.69, 9.17) is 0 Å². The summed E-state index contributed by atoms with van der Waals surface area (Å²) in [5.74, 6) is -0.0539. The smallest absolute Gasteiger partial charge is 0.240 e.